The van der Waals surface area contributed by atoms with Crippen molar-refractivity contribution >= 4 is 22.8 Å². The summed E-state index contributed by atoms with van der Waals surface area (Å²) in [4.78, 5) is 29.6. The Hall–Kier alpha value is -5.90. The topological polar surface area (TPSA) is 312 Å². The number of aliphatic hydroxyl groups is 5. The highest BCUT2D eigenvalue weighted by atomic mass is 16.7. The van der Waals surface area contributed by atoms with Gasteiger partial charge in [-0.05, 0) is 66.9 Å². The van der Waals surface area contributed by atoms with Crippen LogP contribution in [-0.4, -0.2) is 114 Å². The maximum Gasteiger partial charge on any atom is 0.336 e. The largest absolute Gasteiger partial charge is 0.508 e. The van der Waals surface area contributed by atoms with Crippen LogP contribution in [0.4, 0.5) is 5.82 Å². The monoisotopic (exact) mass is 874 g/mol. The van der Waals surface area contributed by atoms with E-state index in [0.717, 1.165) is 12.5 Å². The molecule has 13 N–H and O–H groups in total. The number of H-pyrrole nitrogens is 1. The van der Waals surface area contributed by atoms with Crippen molar-refractivity contribution in [2.75, 3.05) is 25.6 Å². The molecule has 0 amide bonds. The van der Waals surface area contributed by atoms with Gasteiger partial charge in [-0.25, -0.2) is 4.79 Å². The number of aromatic hydroxyl groups is 2. The molecule has 1 aliphatic carbocycles. The lowest BCUT2D eigenvalue weighted by molar-refractivity contribution is -0.338. The summed E-state index contributed by atoms with van der Waals surface area (Å²) in [6, 6.07) is 17.1. The third-order valence-electron chi connectivity index (χ3n) is 12.4. The molecule has 3 aliphatic rings. The van der Waals surface area contributed by atoms with Gasteiger partial charge in [-0.2, -0.15) is 0 Å². The second-order valence-corrected chi connectivity index (χ2v) is 16.2. The minimum absolute atomic E-state index is 0.0200. The molecule has 5 aromatic rings. The number of nitrogen functional groups attached to an aromatic ring is 1. The van der Waals surface area contributed by atoms with Crippen LogP contribution < -0.4 is 36.0 Å². The average molecular weight is 875 g/mol. The fourth-order valence-corrected chi connectivity index (χ4v) is 9.30. The predicted molar refractivity (Wildman–Crippen MR) is 223 cm³/mol. The SMILES string of the molecule is Nc1ccc(C(O)C(CO)Oc2ccc(-c3cc(=O)c4c(O)c(OCc5cccc(O)c5)c(OC5OC(C(=O)O)C(O)(C6(C7CNCN7)CCCCC6)C(O)C5O)cc4o3)cc2)[nH]1. The minimum atomic E-state index is -2.50. The molecule has 2 saturated heterocycles. The molecule has 336 valence electrons. The van der Waals surface area contributed by atoms with Crippen LogP contribution in [0.1, 0.15) is 49.5 Å². The van der Waals surface area contributed by atoms with E-state index in [4.69, 9.17) is 29.1 Å². The summed E-state index contributed by atoms with van der Waals surface area (Å²) in [5, 5.41) is 95.3. The summed E-state index contributed by atoms with van der Waals surface area (Å²) in [6.45, 7) is -0.0571. The van der Waals surface area contributed by atoms with Crippen molar-refractivity contribution in [1.29, 1.82) is 0 Å². The van der Waals surface area contributed by atoms with Crippen LogP contribution in [0.25, 0.3) is 22.3 Å². The van der Waals surface area contributed by atoms with E-state index in [1.807, 2.05) is 0 Å². The molecular formula is C44H50N4O15. The minimum Gasteiger partial charge on any atom is -0.508 e. The van der Waals surface area contributed by atoms with Crippen molar-refractivity contribution in [2.45, 2.75) is 87.2 Å². The summed E-state index contributed by atoms with van der Waals surface area (Å²) in [5.41, 5.74) is 2.20. The Balaban J connectivity index is 1.13. The molecule has 3 aromatic carbocycles. The Kier molecular flexibility index (Phi) is 12.3. The standard InChI is InChI=1S/C44H50N4O15/c45-33-12-11-26(48-33)35(52)31(19-49)60-25-9-7-23(8-10-25)28-16-27(51)34-29(61-28)17-30(38(36(34)53)59-20-22-5-4-6-24(50)15-22)62-42-37(54)39(55)44(58,40(63-42)41(56)57)43(13-2-1-3-14-43)32-18-46-21-47-32/h4-12,15-17,31-32,35,37,39-40,42,46-50,52-55,58H,1-3,13-14,18-21,45H2,(H,56,57). The maximum absolute atomic E-state index is 13.8. The molecule has 2 aromatic heterocycles. The number of aliphatic hydroxyl groups excluding tert-OH is 4. The van der Waals surface area contributed by atoms with Crippen LogP contribution in [-0.2, 0) is 16.1 Å². The molecule has 8 atom stereocenters. The number of aliphatic carboxylic acids is 1. The van der Waals surface area contributed by atoms with Crippen molar-refractivity contribution in [3.63, 3.8) is 0 Å². The number of carboxylic acids is 1. The summed E-state index contributed by atoms with van der Waals surface area (Å²) < 4.78 is 30.0. The van der Waals surface area contributed by atoms with Crippen molar-refractivity contribution in [2.24, 2.45) is 5.41 Å². The van der Waals surface area contributed by atoms with Gasteiger partial charge < -0.3 is 80.3 Å². The number of nitrogens with two attached hydrogens (primary N) is 1. The number of ether oxygens (including phenoxy) is 4. The number of phenols is 2. The Morgan fingerprint density at radius 1 is 1.00 bits per heavy atom. The number of rotatable bonds is 14. The number of carboxylic acid groups (broad SMARTS) is 1. The summed E-state index contributed by atoms with van der Waals surface area (Å²) >= 11 is 0. The Labute approximate surface area is 359 Å². The number of benzene rings is 3. The number of hydrogen-bond acceptors (Lipinski definition) is 17. The summed E-state index contributed by atoms with van der Waals surface area (Å²) in [6.07, 6.45) is -7.78. The first-order valence-electron chi connectivity index (χ1n) is 20.6. The van der Waals surface area contributed by atoms with Crippen LogP contribution in [0.5, 0.6) is 28.7 Å². The number of aromatic nitrogens is 1. The maximum atomic E-state index is 13.8. The van der Waals surface area contributed by atoms with Gasteiger partial charge in [0.15, 0.2) is 29.1 Å². The zero-order chi connectivity index (χ0) is 44.6. The first-order chi connectivity index (χ1) is 30.2. The molecule has 1 saturated carbocycles. The molecule has 0 spiro atoms. The number of anilines is 1. The molecule has 2 aliphatic heterocycles. The van der Waals surface area contributed by atoms with E-state index in [-0.39, 0.29) is 34.8 Å². The van der Waals surface area contributed by atoms with E-state index < -0.39 is 89.1 Å². The van der Waals surface area contributed by atoms with E-state index in [2.05, 4.69) is 15.6 Å². The first-order valence-corrected chi connectivity index (χ1v) is 20.6. The lowest BCUT2D eigenvalue weighted by atomic mass is 9.54. The van der Waals surface area contributed by atoms with Crippen LogP contribution in [0.3, 0.4) is 0 Å². The van der Waals surface area contributed by atoms with Crippen LogP contribution >= 0.6 is 0 Å². The fraction of sp³-hybridized carbons (Fsp3) is 0.409. The van der Waals surface area contributed by atoms with E-state index in [1.54, 1.807) is 36.4 Å². The van der Waals surface area contributed by atoms with E-state index in [1.165, 1.54) is 30.3 Å². The highest BCUT2D eigenvalue weighted by Crippen LogP contribution is 2.54. The van der Waals surface area contributed by atoms with Gasteiger partial charge in [0, 0.05) is 48.1 Å². The average Bonchev–Trinajstić information content (AvgIpc) is 3.98. The number of carbonyl (C=O) groups is 1. The van der Waals surface area contributed by atoms with Crippen molar-refractivity contribution in [3.05, 3.63) is 94.3 Å². The van der Waals surface area contributed by atoms with Gasteiger partial charge in [0.05, 0.1) is 6.61 Å². The lowest BCUT2D eigenvalue weighted by Gasteiger charge is -2.59. The summed E-state index contributed by atoms with van der Waals surface area (Å²) in [7, 11) is 0. The molecule has 3 fully saturated rings. The van der Waals surface area contributed by atoms with Gasteiger partial charge in [-0.3, -0.25) is 10.1 Å². The van der Waals surface area contributed by atoms with Crippen molar-refractivity contribution in [3.8, 4) is 40.1 Å². The van der Waals surface area contributed by atoms with Gasteiger partial charge in [-0.1, -0.05) is 31.4 Å². The zero-order valence-electron chi connectivity index (χ0n) is 33.8. The second kappa shape index (κ2) is 17.7. The summed E-state index contributed by atoms with van der Waals surface area (Å²) in [5.74, 6) is -2.69. The number of aromatic amines is 1. The molecule has 63 heavy (non-hydrogen) atoms. The van der Waals surface area contributed by atoms with E-state index >= 15 is 0 Å². The quantitative estimate of drug-likeness (QED) is 0.0759. The normalized spacial score (nSPS) is 25.6. The highest BCUT2D eigenvalue weighted by Gasteiger charge is 2.69. The number of phenolic OH excluding ortho intramolecular Hbond substituents is 2. The fourth-order valence-electron chi connectivity index (χ4n) is 9.30. The van der Waals surface area contributed by atoms with E-state index in [9.17, 15) is 50.4 Å². The molecule has 8 rings (SSSR count). The van der Waals surface area contributed by atoms with Crippen LogP contribution in [0.2, 0.25) is 0 Å². The van der Waals surface area contributed by atoms with Gasteiger partial charge in [0.25, 0.3) is 0 Å². The number of hydrogen-bond donors (Lipinski definition) is 12. The predicted octanol–water partition coefficient (Wildman–Crippen LogP) is 1.94. The van der Waals surface area contributed by atoms with Gasteiger partial charge in [0.1, 0.15) is 64.6 Å². The third kappa shape index (κ3) is 8.13. The molecular weight excluding hydrogens is 824 g/mol. The van der Waals surface area contributed by atoms with E-state index in [0.29, 0.717) is 61.5 Å². The first kappa shape index (κ1) is 43.7. The number of fused-ring (bicyclic) bond motifs is 1. The van der Waals surface area contributed by atoms with Crippen LogP contribution in [0, 0.1) is 5.41 Å². The van der Waals surface area contributed by atoms with Crippen LogP contribution in [0.15, 0.2) is 82.0 Å². The molecule has 0 bridgehead atoms. The lowest BCUT2D eigenvalue weighted by Crippen LogP contribution is -2.77. The van der Waals surface area contributed by atoms with Crippen molar-refractivity contribution < 1.29 is 69.0 Å². The van der Waals surface area contributed by atoms with Gasteiger partial charge >= 0.3 is 5.97 Å². The Morgan fingerprint density at radius 3 is 2.41 bits per heavy atom. The Bertz CT molecular complexity index is 2480. The number of nitrogens with one attached hydrogen (secondary N) is 3. The smallest absolute Gasteiger partial charge is 0.336 e. The molecule has 19 nitrogen and oxygen atoms in total. The molecule has 8 unspecified atom stereocenters. The second-order valence-electron chi connectivity index (χ2n) is 16.2. The molecule has 19 heteroatoms. The molecule has 0 radical (unpaired) electrons. The highest BCUT2D eigenvalue weighted by molar-refractivity contribution is 5.89. The Morgan fingerprint density at radius 2 is 1.76 bits per heavy atom. The third-order valence-corrected chi connectivity index (χ3v) is 12.4. The van der Waals surface area contributed by atoms with Gasteiger partial charge in [0.2, 0.25) is 12.0 Å². The molecule has 4 heterocycles. The van der Waals surface area contributed by atoms with Crippen molar-refractivity contribution in [1.82, 2.24) is 15.6 Å². The zero-order valence-corrected chi connectivity index (χ0v) is 33.8. The van der Waals surface area contributed by atoms with Gasteiger partial charge in [-0.15, -0.1) is 0 Å².